The maximum atomic E-state index is 11.0. The minimum absolute atomic E-state index is 0.0318. The monoisotopic (exact) mass is 390 g/mol. The van der Waals surface area contributed by atoms with Crippen LogP contribution in [-0.2, 0) is 9.47 Å². The molecule has 0 unspecified atom stereocenters. The van der Waals surface area contributed by atoms with Gasteiger partial charge >= 0.3 is 0 Å². The fourth-order valence-corrected chi connectivity index (χ4v) is 2.75. The summed E-state index contributed by atoms with van der Waals surface area (Å²) in [6.07, 6.45) is -0.0744. The van der Waals surface area contributed by atoms with Crippen LogP contribution in [0.4, 0.5) is 0 Å². The fraction of sp³-hybridized carbons (Fsp3) is 0.350. The Morgan fingerprint density at radius 1 is 1.14 bits per heavy atom. The maximum absolute atomic E-state index is 11.0. The van der Waals surface area contributed by atoms with Gasteiger partial charge in [-0.05, 0) is 30.3 Å². The largest absolute Gasteiger partial charge is 0.504 e. The van der Waals surface area contributed by atoms with Gasteiger partial charge in [-0.2, -0.15) is 0 Å². The lowest BCUT2D eigenvalue weighted by molar-refractivity contribution is 0.0470. The summed E-state index contributed by atoms with van der Waals surface area (Å²) in [6.45, 7) is 0.537. The minimum atomic E-state index is -0.549. The third kappa shape index (κ3) is 4.29. The van der Waals surface area contributed by atoms with Crippen molar-refractivity contribution >= 4 is 6.29 Å². The van der Waals surface area contributed by atoms with Crippen molar-refractivity contribution in [2.45, 2.75) is 12.2 Å². The number of phenols is 1. The van der Waals surface area contributed by atoms with Crippen molar-refractivity contribution in [3.05, 3.63) is 41.5 Å². The zero-order valence-electron chi connectivity index (χ0n) is 15.8. The molecular formula is C20H22O8. The van der Waals surface area contributed by atoms with E-state index >= 15 is 0 Å². The molecule has 0 bridgehead atoms. The molecule has 0 aromatic heterocycles. The van der Waals surface area contributed by atoms with Crippen LogP contribution in [0.25, 0.3) is 0 Å². The van der Waals surface area contributed by atoms with Crippen LogP contribution in [0.5, 0.6) is 28.7 Å². The molecule has 0 spiro atoms. The number of carbonyl (C=O) groups is 1. The first-order valence-electron chi connectivity index (χ1n) is 8.55. The molecule has 2 atom stereocenters. The first-order chi connectivity index (χ1) is 13.6. The van der Waals surface area contributed by atoms with E-state index in [0.717, 1.165) is 0 Å². The third-order valence-electron chi connectivity index (χ3n) is 4.20. The van der Waals surface area contributed by atoms with Crippen molar-refractivity contribution in [3.8, 4) is 28.7 Å². The number of aromatic hydroxyl groups is 1. The van der Waals surface area contributed by atoms with Gasteiger partial charge in [0.2, 0.25) is 5.75 Å². The van der Waals surface area contributed by atoms with Gasteiger partial charge in [-0.15, -0.1) is 0 Å². The summed E-state index contributed by atoms with van der Waals surface area (Å²) in [5.74, 6) is 1.38. The van der Waals surface area contributed by atoms with E-state index in [0.29, 0.717) is 41.3 Å². The molecule has 3 rings (SSSR count). The van der Waals surface area contributed by atoms with Gasteiger partial charge in [-0.25, -0.2) is 0 Å². The van der Waals surface area contributed by atoms with Crippen molar-refractivity contribution in [3.63, 3.8) is 0 Å². The van der Waals surface area contributed by atoms with Gasteiger partial charge in [-0.3, -0.25) is 4.79 Å². The Morgan fingerprint density at radius 3 is 2.36 bits per heavy atom. The number of hydrogen-bond donors (Lipinski definition) is 1. The molecule has 1 saturated heterocycles. The standard InChI is InChI=1S/C20H22O8/c1-23-11-27-20-16(24-2)7-13(8-17(20)25-3)19(18-10-26-18)28-15-6-12(9-21)4-5-14(15)22/h4-9,18-19,22H,10-11H2,1-3H3/t18-,19+/m1/s1. The van der Waals surface area contributed by atoms with Crippen LogP contribution in [-0.4, -0.2) is 52.2 Å². The smallest absolute Gasteiger partial charge is 0.206 e. The molecule has 28 heavy (non-hydrogen) atoms. The van der Waals surface area contributed by atoms with Crippen molar-refractivity contribution in [2.75, 3.05) is 34.7 Å². The number of aldehydes is 1. The Bertz CT molecular complexity index is 806. The molecule has 1 aliphatic heterocycles. The first-order valence-corrected chi connectivity index (χ1v) is 8.55. The molecule has 1 N–H and O–H groups in total. The second-order valence-corrected chi connectivity index (χ2v) is 6.06. The lowest BCUT2D eigenvalue weighted by Crippen LogP contribution is -2.15. The Labute approximate surface area is 162 Å². The van der Waals surface area contributed by atoms with Gasteiger partial charge in [-0.1, -0.05) is 0 Å². The lowest BCUT2D eigenvalue weighted by Gasteiger charge is -2.21. The van der Waals surface area contributed by atoms with E-state index in [-0.39, 0.29) is 24.4 Å². The average molecular weight is 390 g/mol. The molecule has 8 heteroatoms. The Hall–Kier alpha value is -2.97. The highest BCUT2D eigenvalue weighted by Crippen LogP contribution is 2.44. The topological polar surface area (TPSA) is 96.0 Å². The van der Waals surface area contributed by atoms with Crippen molar-refractivity contribution in [2.24, 2.45) is 0 Å². The van der Waals surface area contributed by atoms with Crippen molar-refractivity contribution in [1.29, 1.82) is 0 Å². The highest BCUT2D eigenvalue weighted by molar-refractivity contribution is 5.76. The van der Waals surface area contributed by atoms with Crippen LogP contribution >= 0.6 is 0 Å². The Balaban J connectivity index is 1.97. The summed E-state index contributed by atoms with van der Waals surface area (Å²) < 4.78 is 32.8. The Morgan fingerprint density at radius 2 is 1.82 bits per heavy atom. The summed E-state index contributed by atoms with van der Waals surface area (Å²) in [7, 11) is 4.55. The van der Waals surface area contributed by atoms with Gasteiger partial charge in [0.05, 0.1) is 20.8 Å². The normalized spacial score (nSPS) is 16.2. The zero-order valence-corrected chi connectivity index (χ0v) is 15.8. The SMILES string of the molecule is COCOc1c(OC)cc([C@H](Oc2cc(C=O)ccc2O)[C@H]2CO2)cc1OC. The highest BCUT2D eigenvalue weighted by atomic mass is 16.7. The summed E-state index contributed by atoms with van der Waals surface area (Å²) in [5, 5.41) is 10.1. The fourth-order valence-electron chi connectivity index (χ4n) is 2.75. The molecule has 1 fully saturated rings. The molecule has 2 aromatic rings. The summed E-state index contributed by atoms with van der Waals surface area (Å²) in [4.78, 5) is 11.0. The van der Waals surface area contributed by atoms with Gasteiger partial charge in [0.1, 0.15) is 12.4 Å². The molecule has 2 aromatic carbocycles. The van der Waals surface area contributed by atoms with Crippen LogP contribution in [0.15, 0.2) is 30.3 Å². The molecule has 0 radical (unpaired) electrons. The van der Waals surface area contributed by atoms with E-state index in [1.165, 1.54) is 39.5 Å². The van der Waals surface area contributed by atoms with E-state index in [1.54, 1.807) is 12.1 Å². The summed E-state index contributed by atoms with van der Waals surface area (Å²) >= 11 is 0. The van der Waals surface area contributed by atoms with Crippen LogP contribution in [0.1, 0.15) is 22.0 Å². The van der Waals surface area contributed by atoms with Crippen molar-refractivity contribution < 1.29 is 38.3 Å². The number of benzene rings is 2. The van der Waals surface area contributed by atoms with Crippen LogP contribution < -0.4 is 18.9 Å². The minimum Gasteiger partial charge on any atom is -0.504 e. The molecular weight excluding hydrogens is 368 g/mol. The molecule has 0 aliphatic carbocycles. The zero-order chi connectivity index (χ0) is 20.1. The number of methoxy groups -OCH3 is 3. The quantitative estimate of drug-likeness (QED) is 0.376. The van der Waals surface area contributed by atoms with E-state index in [2.05, 4.69) is 0 Å². The lowest BCUT2D eigenvalue weighted by atomic mass is 10.0. The molecule has 0 saturated carbocycles. The number of rotatable bonds is 10. The first kappa shape index (κ1) is 19.8. The highest BCUT2D eigenvalue weighted by Gasteiger charge is 2.37. The van der Waals surface area contributed by atoms with Gasteiger partial charge in [0, 0.05) is 18.2 Å². The number of carbonyl (C=O) groups excluding carboxylic acids is 1. The van der Waals surface area contributed by atoms with Crippen LogP contribution in [0, 0.1) is 0 Å². The van der Waals surface area contributed by atoms with E-state index in [4.69, 9.17) is 28.4 Å². The molecule has 0 amide bonds. The molecule has 1 aliphatic rings. The van der Waals surface area contributed by atoms with Crippen LogP contribution in [0.3, 0.4) is 0 Å². The van der Waals surface area contributed by atoms with Gasteiger partial charge in [0.25, 0.3) is 0 Å². The van der Waals surface area contributed by atoms with Crippen molar-refractivity contribution in [1.82, 2.24) is 0 Å². The number of ether oxygens (including phenoxy) is 6. The molecule has 1 heterocycles. The second kappa shape index (κ2) is 8.81. The van der Waals surface area contributed by atoms with E-state index < -0.39 is 6.10 Å². The van der Waals surface area contributed by atoms with Gasteiger partial charge < -0.3 is 33.5 Å². The van der Waals surface area contributed by atoms with Crippen LogP contribution in [0.2, 0.25) is 0 Å². The Kier molecular flexibility index (Phi) is 6.23. The molecule has 8 nitrogen and oxygen atoms in total. The summed E-state index contributed by atoms with van der Waals surface area (Å²) in [6, 6.07) is 7.89. The molecule has 150 valence electrons. The predicted molar refractivity (Wildman–Crippen MR) is 98.7 cm³/mol. The van der Waals surface area contributed by atoms with E-state index in [9.17, 15) is 9.90 Å². The maximum Gasteiger partial charge on any atom is 0.206 e. The summed E-state index contributed by atoms with van der Waals surface area (Å²) in [5.41, 5.74) is 1.10. The van der Waals surface area contributed by atoms with Gasteiger partial charge in [0.15, 0.2) is 35.9 Å². The predicted octanol–water partition coefficient (Wildman–Crippen LogP) is 2.72. The second-order valence-electron chi connectivity index (χ2n) is 6.06. The third-order valence-corrected chi connectivity index (χ3v) is 4.20. The number of phenolic OH excluding ortho intramolecular Hbond substituents is 1. The average Bonchev–Trinajstić information content (AvgIpc) is 3.56. The number of epoxide rings is 1. The number of hydrogen-bond acceptors (Lipinski definition) is 8. The van der Waals surface area contributed by atoms with E-state index in [1.807, 2.05) is 0 Å².